The molecular weight excluding hydrogens is 417 g/mol. The van der Waals surface area contributed by atoms with E-state index in [2.05, 4.69) is 98.2 Å². The zero-order valence-electron chi connectivity index (χ0n) is 15.5. The van der Waals surface area contributed by atoms with E-state index in [1.807, 2.05) is 0 Å². The van der Waals surface area contributed by atoms with Gasteiger partial charge >= 0.3 is 0 Å². The van der Waals surface area contributed by atoms with Crippen molar-refractivity contribution in [2.45, 2.75) is 0 Å². The summed E-state index contributed by atoms with van der Waals surface area (Å²) in [6.45, 7) is 34.2. The van der Waals surface area contributed by atoms with Gasteiger partial charge in [-0.3, -0.25) is 0 Å². The molecule has 0 saturated heterocycles. The van der Waals surface area contributed by atoms with Crippen LogP contribution < -0.4 is 0 Å². The molecule has 0 aromatic heterocycles. The minimum absolute atomic E-state index is 0.0537. The highest BCUT2D eigenvalue weighted by molar-refractivity contribution is 7.94. The smallest absolute Gasteiger partial charge is 0.110 e. The zero-order chi connectivity index (χ0) is 18.9. The van der Waals surface area contributed by atoms with E-state index < -0.39 is 29.6 Å². The van der Waals surface area contributed by atoms with E-state index in [4.69, 9.17) is 0 Å². The monoisotopic (exact) mass is 450 g/mol. The van der Waals surface area contributed by atoms with Crippen LogP contribution in [0.4, 0.5) is 0 Å². The molecule has 24 heavy (non-hydrogen) atoms. The highest BCUT2D eigenvalue weighted by Crippen LogP contribution is 2.36. The molecule has 0 radical (unpaired) electrons. The van der Waals surface area contributed by atoms with Crippen LogP contribution >= 0.6 is 0 Å². The lowest BCUT2D eigenvalue weighted by Crippen LogP contribution is -2.80. The van der Waals surface area contributed by atoms with E-state index in [-0.39, 0.29) is 17.1 Å². The summed E-state index contributed by atoms with van der Waals surface area (Å²) in [5.74, 6) is 0. The normalized spacial score (nSPS) is 14.8. The number of hydrogen-bond acceptors (Lipinski definition) is 0. The van der Waals surface area contributed by atoms with Gasteiger partial charge < -0.3 is 0 Å². The Labute approximate surface area is 162 Å². The molecule has 0 aliphatic carbocycles. The summed E-state index contributed by atoms with van der Waals surface area (Å²) < 4.78 is 0. The topological polar surface area (TPSA) is 0 Å². The summed E-state index contributed by atoms with van der Waals surface area (Å²) in [7, 11) is -5.08. The summed E-state index contributed by atoms with van der Waals surface area (Å²) in [6.07, 6.45) is 0. The van der Waals surface area contributed by atoms with Gasteiger partial charge in [0.05, 0.1) is 7.11 Å². The molecule has 0 N–H and O–H groups in total. The first kappa shape index (κ1) is 23.7. The van der Waals surface area contributed by atoms with Crippen LogP contribution in [0.2, 0.25) is 0 Å². The second-order valence-corrected chi connectivity index (χ2v) is 69.4. The first-order valence-electron chi connectivity index (χ1n) is 8.52. The first-order chi connectivity index (χ1) is 11.4. The number of hydrogen-bond donors (Lipinski definition) is 0. The average molecular weight is 451 g/mol. The largest absolute Gasteiger partial charge is 0.122 e. The minimum Gasteiger partial charge on any atom is -0.110 e. The van der Waals surface area contributed by atoms with Gasteiger partial charge in [-0.15, -0.1) is 81.1 Å². The third kappa shape index (κ3) is 3.60. The lowest BCUT2D eigenvalue weighted by atomic mass is 11.2. The molecule has 0 nitrogen and oxygen atoms in total. The molecule has 0 fully saturated rings. The van der Waals surface area contributed by atoms with E-state index >= 15 is 0 Å². The van der Waals surface area contributed by atoms with Crippen molar-refractivity contribution in [2.24, 2.45) is 0 Å². The fourth-order valence-electron chi connectivity index (χ4n) is 3.93. The van der Waals surface area contributed by atoms with Crippen molar-refractivity contribution < 1.29 is 0 Å². The maximum atomic E-state index is 4.35. The summed E-state index contributed by atoms with van der Waals surface area (Å²) in [5.41, 5.74) is 18.0. The van der Waals surface area contributed by atoms with Crippen molar-refractivity contribution >= 4 is 65.1 Å². The Morgan fingerprint density at radius 3 is 1.42 bits per heavy atom. The Balaban J connectivity index is 6.89. The van der Waals surface area contributed by atoms with Gasteiger partial charge in [0.1, 0.15) is 14.7 Å². The summed E-state index contributed by atoms with van der Waals surface area (Å²) >= 11 is 0. The van der Waals surface area contributed by atoms with Crippen LogP contribution in [0.25, 0.3) is 0 Å². The fraction of sp³-hybridized carbons (Fsp3) is 0. The Kier molecular flexibility index (Phi) is 10.4. The molecule has 0 aromatic carbocycles. The quantitative estimate of drug-likeness (QED) is 0.319. The Morgan fingerprint density at radius 1 is 0.708 bits per heavy atom. The van der Waals surface area contributed by atoms with Gasteiger partial charge in [0.15, 0.2) is 0 Å². The van der Waals surface area contributed by atoms with Crippen LogP contribution in [0.5, 0.6) is 0 Å². The van der Waals surface area contributed by atoms with Crippen molar-refractivity contribution in [1.29, 1.82) is 0 Å². The maximum Gasteiger partial charge on any atom is 0.122 e. The Bertz CT molecular complexity index is 498. The van der Waals surface area contributed by atoms with E-state index in [1.54, 1.807) is 0 Å². The third-order valence-corrected chi connectivity index (χ3v) is 124. The van der Waals surface area contributed by atoms with Crippen molar-refractivity contribution in [3.8, 4) is 0 Å². The molecular formula is C16H34Si8. The van der Waals surface area contributed by atoms with Crippen molar-refractivity contribution in [2.75, 3.05) is 0 Å². The molecule has 0 aliphatic heterocycles. The molecule has 0 amide bonds. The predicted molar refractivity (Wildman–Crippen MR) is 142 cm³/mol. The minimum atomic E-state index is -2.15. The summed E-state index contributed by atoms with van der Waals surface area (Å²) in [5, 5.41) is 0. The van der Waals surface area contributed by atoms with Gasteiger partial charge in [-0.25, -0.2) is 0 Å². The molecule has 1 atom stereocenters. The summed E-state index contributed by atoms with van der Waals surface area (Å²) in [4.78, 5) is 0. The standard InChI is InChI=1S/C16H34Si8/c1-9-21(20-19-18-17)23(13-5,14-6)24(15-7,16-8)22(10-2,11-3)12-4/h9-16,21H,1-8,18-20H2,17H3. The first-order valence-corrected chi connectivity index (χ1v) is 36.5. The molecule has 8 heteroatoms. The molecule has 0 aliphatic rings. The summed E-state index contributed by atoms with van der Waals surface area (Å²) in [6, 6.07) is 0. The van der Waals surface area contributed by atoms with Gasteiger partial charge in [0, 0.05) is 16.4 Å². The molecule has 0 heterocycles. The highest BCUT2D eigenvalue weighted by atomic mass is 30.0. The van der Waals surface area contributed by atoms with Gasteiger partial charge in [-0.1, -0.05) is 17.1 Å². The lowest BCUT2D eigenvalue weighted by molar-refractivity contribution is 2.08. The molecule has 0 spiro atoms. The van der Waals surface area contributed by atoms with Crippen molar-refractivity contribution in [3.63, 3.8) is 0 Å². The lowest BCUT2D eigenvalue weighted by Gasteiger charge is -2.51. The van der Waals surface area contributed by atoms with Gasteiger partial charge in [0.2, 0.25) is 0 Å². The maximum absolute atomic E-state index is 4.35. The van der Waals surface area contributed by atoms with Crippen LogP contribution in [0.15, 0.2) is 98.2 Å². The predicted octanol–water partition coefficient (Wildman–Crippen LogP) is -0.290. The van der Waals surface area contributed by atoms with E-state index in [1.165, 1.54) is 9.76 Å². The average Bonchev–Trinajstić information content (AvgIpc) is 2.64. The zero-order valence-corrected chi connectivity index (χ0v) is 25.9. The van der Waals surface area contributed by atoms with Crippen LogP contribution in [0, 0.1) is 0 Å². The molecule has 130 valence electrons. The van der Waals surface area contributed by atoms with Gasteiger partial charge in [0.25, 0.3) is 0 Å². The molecule has 0 rings (SSSR count). The second kappa shape index (κ2) is 10.6. The molecule has 0 bridgehead atoms. The SMILES string of the molecule is C=C[SiH]([SiH2][SiH2][SiH2][SiH3])[Si](C=C)(C=C)[Si](C=C)(C=C)[Si](C=C)(C=C)C=C. The van der Waals surface area contributed by atoms with E-state index in [9.17, 15) is 0 Å². The third-order valence-electron chi connectivity index (χ3n) is 5.53. The highest BCUT2D eigenvalue weighted by Gasteiger charge is 2.60. The Morgan fingerprint density at radius 2 is 1.17 bits per heavy atom. The van der Waals surface area contributed by atoms with Crippen LogP contribution in [0.1, 0.15) is 0 Å². The molecule has 0 saturated carbocycles. The molecule has 1 unspecified atom stereocenters. The van der Waals surface area contributed by atoms with Gasteiger partial charge in [-0.05, 0) is 26.9 Å². The van der Waals surface area contributed by atoms with Crippen LogP contribution in [0.3, 0.4) is 0 Å². The fourth-order valence-corrected chi connectivity index (χ4v) is 193. The Hall–Kier alpha value is -0.345. The van der Waals surface area contributed by atoms with Crippen molar-refractivity contribution in [1.82, 2.24) is 0 Å². The van der Waals surface area contributed by atoms with Crippen LogP contribution in [-0.2, 0) is 0 Å². The molecule has 0 aromatic rings. The van der Waals surface area contributed by atoms with Crippen molar-refractivity contribution in [3.05, 3.63) is 98.2 Å². The van der Waals surface area contributed by atoms with E-state index in [0.717, 1.165) is 0 Å². The van der Waals surface area contributed by atoms with Crippen LogP contribution in [-0.4, -0.2) is 65.1 Å². The second-order valence-electron chi connectivity index (χ2n) is 6.15. The van der Waals surface area contributed by atoms with Gasteiger partial charge in [-0.2, -0.15) is 0 Å². The number of rotatable bonds is 14. The van der Waals surface area contributed by atoms with E-state index in [0.29, 0.717) is 8.55 Å².